The van der Waals surface area contributed by atoms with Gasteiger partial charge in [0.1, 0.15) is 0 Å². The SMILES string of the molecule is CCC(CC)CNC(=O)C1CNCC(C)C1. The molecule has 2 N–H and O–H groups in total. The summed E-state index contributed by atoms with van der Waals surface area (Å²) in [6.45, 7) is 9.31. The van der Waals surface area contributed by atoms with Crippen LogP contribution in [0.3, 0.4) is 0 Å². The van der Waals surface area contributed by atoms with Crippen LogP contribution in [0.25, 0.3) is 0 Å². The maximum absolute atomic E-state index is 11.9. The Balaban J connectivity index is 2.28. The average molecular weight is 226 g/mol. The number of amides is 1. The van der Waals surface area contributed by atoms with Gasteiger partial charge in [0.2, 0.25) is 5.91 Å². The second-order valence-corrected chi connectivity index (χ2v) is 5.12. The molecule has 0 bridgehead atoms. The van der Waals surface area contributed by atoms with Crippen molar-refractivity contribution in [3.05, 3.63) is 0 Å². The van der Waals surface area contributed by atoms with E-state index in [4.69, 9.17) is 0 Å². The van der Waals surface area contributed by atoms with E-state index in [9.17, 15) is 4.79 Å². The van der Waals surface area contributed by atoms with E-state index in [0.717, 1.165) is 38.9 Å². The molecule has 1 fully saturated rings. The minimum absolute atomic E-state index is 0.179. The van der Waals surface area contributed by atoms with Crippen molar-refractivity contribution in [2.24, 2.45) is 17.8 Å². The van der Waals surface area contributed by atoms with Gasteiger partial charge in [-0.2, -0.15) is 0 Å². The van der Waals surface area contributed by atoms with Gasteiger partial charge >= 0.3 is 0 Å². The Morgan fingerprint density at radius 3 is 2.62 bits per heavy atom. The van der Waals surface area contributed by atoms with Crippen molar-refractivity contribution in [1.29, 1.82) is 0 Å². The largest absolute Gasteiger partial charge is 0.356 e. The zero-order chi connectivity index (χ0) is 12.0. The van der Waals surface area contributed by atoms with Crippen molar-refractivity contribution in [1.82, 2.24) is 10.6 Å². The normalized spacial score (nSPS) is 25.8. The molecule has 2 unspecified atom stereocenters. The molecule has 0 aromatic heterocycles. The lowest BCUT2D eigenvalue weighted by molar-refractivity contribution is -0.126. The molecule has 0 radical (unpaired) electrons. The minimum Gasteiger partial charge on any atom is -0.356 e. The van der Waals surface area contributed by atoms with Crippen LogP contribution in [0.5, 0.6) is 0 Å². The van der Waals surface area contributed by atoms with Gasteiger partial charge in [0, 0.05) is 13.1 Å². The first-order valence-corrected chi connectivity index (χ1v) is 6.65. The van der Waals surface area contributed by atoms with Crippen molar-refractivity contribution in [3.8, 4) is 0 Å². The Morgan fingerprint density at radius 1 is 1.38 bits per heavy atom. The number of hydrogen-bond acceptors (Lipinski definition) is 2. The van der Waals surface area contributed by atoms with Crippen molar-refractivity contribution in [2.75, 3.05) is 19.6 Å². The third kappa shape index (κ3) is 4.12. The highest BCUT2D eigenvalue weighted by Gasteiger charge is 2.24. The van der Waals surface area contributed by atoms with E-state index in [0.29, 0.717) is 11.8 Å². The standard InChI is InChI=1S/C13H26N2O/c1-4-11(5-2)8-15-13(16)12-6-10(3)7-14-9-12/h10-12,14H,4-9H2,1-3H3,(H,15,16). The number of hydrogen-bond donors (Lipinski definition) is 2. The number of carbonyl (C=O) groups excluding carboxylic acids is 1. The number of carbonyl (C=O) groups is 1. The van der Waals surface area contributed by atoms with Crippen molar-refractivity contribution >= 4 is 5.91 Å². The molecule has 1 heterocycles. The lowest BCUT2D eigenvalue weighted by Crippen LogP contribution is -2.44. The molecule has 1 saturated heterocycles. The van der Waals surface area contributed by atoms with Crippen LogP contribution in [0.1, 0.15) is 40.0 Å². The smallest absolute Gasteiger partial charge is 0.224 e. The van der Waals surface area contributed by atoms with Gasteiger partial charge in [-0.15, -0.1) is 0 Å². The van der Waals surface area contributed by atoms with Gasteiger partial charge in [-0.1, -0.05) is 33.6 Å². The van der Waals surface area contributed by atoms with Gasteiger partial charge in [-0.3, -0.25) is 4.79 Å². The second kappa shape index (κ2) is 6.89. The first-order valence-electron chi connectivity index (χ1n) is 6.65. The predicted molar refractivity (Wildman–Crippen MR) is 67.2 cm³/mol. The summed E-state index contributed by atoms with van der Waals surface area (Å²) in [7, 11) is 0. The highest BCUT2D eigenvalue weighted by molar-refractivity contribution is 5.79. The molecule has 0 aromatic rings. The van der Waals surface area contributed by atoms with Crippen molar-refractivity contribution in [2.45, 2.75) is 40.0 Å². The van der Waals surface area contributed by atoms with Crippen LogP contribution < -0.4 is 10.6 Å². The molecule has 0 aromatic carbocycles. The highest BCUT2D eigenvalue weighted by Crippen LogP contribution is 2.16. The molecule has 1 aliphatic rings. The maximum Gasteiger partial charge on any atom is 0.224 e. The van der Waals surface area contributed by atoms with E-state index >= 15 is 0 Å². The fourth-order valence-electron chi connectivity index (χ4n) is 2.32. The minimum atomic E-state index is 0.179. The first-order chi connectivity index (χ1) is 7.67. The third-order valence-corrected chi connectivity index (χ3v) is 3.66. The Bertz CT molecular complexity index is 214. The van der Waals surface area contributed by atoms with E-state index in [1.165, 1.54) is 0 Å². The van der Waals surface area contributed by atoms with Crippen molar-refractivity contribution in [3.63, 3.8) is 0 Å². The van der Waals surface area contributed by atoms with Gasteiger partial charge in [0.25, 0.3) is 0 Å². The Labute approximate surface area is 99.4 Å². The van der Waals surface area contributed by atoms with Crippen LogP contribution in [-0.4, -0.2) is 25.5 Å². The molecule has 0 aliphatic carbocycles. The summed E-state index contributed by atoms with van der Waals surface area (Å²) in [5.41, 5.74) is 0. The summed E-state index contributed by atoms with van der Waals surface area (Å²) < 4.78 is 0. The molecule has 1 amide bonds. The molecular weight excluding hydrogens is 200 g/mol. The number of rotatable bonds is 5. The summed E-state index contributed by atoms with van der Waals surface area (Å²) in [5.74, 6) is 1.68. The summed E-state index contributed by atoms with van der Waals surface area (Å²) in [4.78, 5) is 11.9. The zero-order valence-electron chi connectivity index (χ0n) is 10.9. The molecule has 1 aliphatic heterocycles. The van der Waals surface area contributed by atoms with Crippen LogP contribution in [0.15, 0.2) is 0 Å². The molecule has 0 saturated carbocycles. The molecule has 0 spiro atoms. The monoisotopic (exact) mass is 226 g/mol. The van der Waals surface area contributed by atoms with Gasteiger partial charge in [-0.05, 0) is 24.8 Å². The van der Waals surface area contributed by atoms with Gasteiger partial charge < -0.3 is 10.6 Å². The lowest BCUT2D eigenvalue weighted by Gasteiger charge is -2.27. The quantitative estimate of drug-likeness (QED) is 0.750. The lowest BCUT2D eigenvalue weighted by atomic mass is 9.91. The summed E-state index contributed by atoms with van der Waals surface area (Å²) in [6, 6.07) is 0. The van der Waals surface area contributed by atoms with E-state index in [-0.39, 0.29) is 11.8 Å². The average Bonchev–Trinajstić information content (AvgIpc) is 2.30. The van der Waals surface area contributed by atoms with Gasteiger partial charge in [0.05, 0.1) is 5.92 Å². The molecule has 2 atom stereocenters. The predicted octanol–water partition coefficient (Wildman–Crippen LogP) is 1.78. The zero-order valence-corrected chi connectivity index (χ0v) is 10.9. The summed E-state index contributed by atoms with van der Waals surface area (Å²) in [6.07, 6.45) is 3.33. The first kappa shape index (κ1) is 13.5. The van der Waals surface area contributed by atoms with E-state index in [1.807, 2.05) is 0 Å². The molecular formula is C13H26N2O. The maximum atomic E-state index is 11.9. The van der Waals surface area contributed by atoms with E-state index in [2.05, 4.69) is 31.4 Å². The molecule has 3 heteroatoms. The van der Waals surface area contributed by atoms with Crippen LogP contribution in [0.2, 0.25) is 0 Å². The Kier molecular flexibility index (Phi) is 5.81. The van der Waals surface area contributed by atoms with Crippen LogP contribution in [-0.2, 0) is 4.79 Å². The van der Waals surface area contributed by atoms with Crippen LogP contribution in [0, 0.1) is 17.8 Å². The number of piperidine rings is 1. The van der Waals surface area contributed by atoms with Crippen LogP contribution >= 0.6 is 0 Å². The molecule has 1 rings (SSSR count). The van der Waals surface area contributed by atoms with Gasteiger partial charge in [0.15, 0.2) is 0 Å². The molecule has 16 heavy (non-hydrogen) atoms. The Morgan fingerprint density at radius 2 is 2.06 bits per heavy atom. The Hall–Kier alpha value is -0.570. The highest BCUT2D eigenvalue weighted by atomic mass is 16.1. The fraction of sp³-hybridized carbons (Fsp3) is 0.923. The van der Waals surface area contributed by atoms with Crippen molar-refractivity contribution < 1.29 is 4.79 Å². The summed E-state index contributed by atoms with van der Waals surface area (Å²) in [5, 5.41) is 6.42. The van der Waals surface area contributed by atoms with Crippen LogP contribution in [0.4, 0.5) is 0 Å². The van der Waals surface area contributed by atoms with Gasteiger partial charge in [-0.25, -0.2) is 0 Å². The molecule has 3 nitrogen and oxygen atoms in total. The fourth-order valence-corrected chi connectivity index (χ4v) is 2.32. The van der Waals surface area contributed by atoms with E-state index < -0.39 is 0 Å². The topological polar surface area (TPSA) is 41.1 Å². The number of nitrogens with one attached hydrogen (secondary N) is 2. The summed E-state index contributed by atoms with van der Waals surface area (Å²) >= 11 is 0. The molecule has 94 valence electrons. The second-order valence-electron chi connectivity index (χ2n) is 5.12. The van der Waals surface area contributed by atoms with E-state index in [1.54, 1.807) is 0 Å². The third-order valence-electron chi connectivity index (χ3n) is 3.66.